The fraction of sp³-hybridized carbons (Fsp3) is 0.182. The van der Waals surface area contributed by atoms with Crippen molar-refractivity contribution < 1.29 is 14.4 Å². The maximum atomic E-state index is 11.6. The zero-order valence-corrected chi connectivity index (χ0v) is 11.2. The molecule has 0 fully saturated rings. The van der Waals surface area contributed by atoms with Crippen molar-refractivity contribution in [1.82, 2.24) is 16.2 Å². The zero-order chi connectivity index (χ0) is 13.5. The van der Waals surface area contributed by atoms with E-state index >= 15 is 0 Å². The van der Waals surface area contributed by atoms with Gasteiger partial charge < -0.3 is 5.32 Å². The Balaban J connectivity index is 2.39. The maximum Gasteiger partial charge on any atom is 0.269 e. The van der Waals surface area contributed by atoms with Crippen LogP contribution in [0, 0.1) is 0 Å². The van der Waals surface area contributed by atoms with Crippen LogP contribution in [0.4, 0.5) is 0 Å². The van der Waals surface area contributed by atoms with E-state index < -0.39 is 11.8 Å². The van der Waals surface area contributed by atoms with Gasteiger partial charge in [0.2, 0.25) is 5.91 Å². The van der Waals surface area contributed by atoms with Crippen molar-refractivity contribution >= 4 is 33.7 Å². The topological polar surface area (TPSA) is 87.3 Å². The van der Waals surface area contributed by atoms with Crippen LogP contribution in [0.2, 0.25) is 0 Å². The van der Waals surface area contributed by atoms with E-state index in [0.29, 0.717) is 5.56 Å². The number of hydrogen-bond donors (Lipinski definition) is 3. The summed E-state index contributed by atoms with van der Waals surface area (Å²) in [5.41, 5.74) is 4.84. The van der Waals surface area contributed by atoms with Crippen molar-refractivity contribution in [3.05, 3.63) is 34.3 Å². The van der Waals surface area contributed by atoms with Gasteiger partial charge in [-0.1, -0.05) is 15.9 Å². The highest BCUT2D eigenvalue weighted by Gasteiger charge is 2.07. The van der Waals surface area contributed by atoms with Gasteiger partial charge in [-0.2, -0.15) is 0 Å². The molecule has 1 aromatic rings. The van der Waals surface area contributed by atoms with Crippen molar-refractivity contribution in [3.8, 4) is 0 Å². The van der Waals surface area contributed by atoms with E-state index in [-0.39, 0.29) is 12.5 Å². The van der Waals surface area contributed by atoms with Crippen LogP contribution in [0.25, 0.3) is 0 Å². The van der Waals surface area contributed by atoms with Crippen LogP contribution in [0.1, 0.15) is 17.3 Å². The summed E-state index contributed by atoms with van der Waals surface area (Å²) in [7, 11) is 0. The van der Waals surface area contributed by atoms with Gasteiger partial charge in [-0.3, -0.25) is 25.2 Å². The van der Waals surface area contributed by atoms with E-state index in [2.05, 4.69) is 32.1 Å². The molecular weight excluding hydrogens is 302 g/mol. The maximum absolute atomic E-state index is 11.6. The van der Waals surface area contributed by atoms with Gasteiger partial charge in [0.15, 0.2) is 0 Å². The highest BCUT2D eigenvalue weighted by Crippen LogP contribution is 2.09. The molecule has 0 bridgehead atoms. The van der Waals surface area contributed by atoms with E-state index in [4.69, 9.17) is 0 Å². The third-order valence-electron chi connectivity index (χ3n) is 1.92. The lowest BCUT2D eigenvalue weighted by Crippen LogP contribution is -2.46. The van der Waals surface area contributed by atoms with Crippen LogP contribution >= 0.6 is 15.9 Å². The fourth-order valence-electron chi connectivity index (χ4n) is 1.05. The Labute approximate surface area is 112 Å². The van der Waals surface area contributed by atoms with E-state index in [1.54, 1.807) is 24.3 Å². The molecule has 0 saturated carbocycles. The normalized spacial score (nSPS) is 9.44. The smallest absolute Gasteiger partial charge is 0.269 e. The highest BCUT2D eigenvalue weighted by atomic mass is 79.9. The van der Waals surface area contributed by atoms with Crippen molar-refractivity contribution in [2.75, 3.05) is 6.54 Å². The average molecular weight is 314 g/mol. The Morgan fingerprint density at radius 1 is 1.11 bits per heavy atom. The minimum Gasteiger partial charge on any atom is -0.347 e. The molecule has 0 aliphatic heterocycles. The second kappa shape index (κ2) is 6.75. The molecule has 3 N–H and O–H groups in total. The van der Waals surface area contributed by atoms with E-state index in [1.165, 1.54) is 6.92 Å². The van der Waals surface area contributed by atoms with E-state index in [1.807, 2.05) is 0 Å². The fourth-order valence-corrected chi connectivity index (χ4v) is 1.31. The number of benzene rings is 1. The predicted octanol–water partition coefficient (Wildman–Crippen LogP) is 0.346. The molecule has 0 unspecified atom stereocenters. The monoisotopic (exact) mass is 313 g/mol. The minimum absolute atomic E-state index is 0.185. The average Bonchev–Trinajstić information content (AvgIpc) is 2.34. The first kappa shape index (κ1) is 14.2. The number of amides is 3. The van der Waals surface area contributed by atoms with Gasteiger partial charge in [-0.15, -0.1) is 0 Å². The van der Waals surface area contributed by atoms with Gasteiger partial charge in [0.25, 0.3) is 11.8 Å². The van der Waals surface area contributed by atoms with Gasteiger partial charge in [0.05, 0.1) is 6.54 Å². The molecule has 0 heterocycles. The lowest BCUT2D eigenvalue weighted by atomic mass is 10.2. The molecule has 0 atom stereocenters. The van der Waals surface area contributed by atoms with E-state index in [9.17, 15) is 14.4 Å². The van der Waals surface area contributed by atoms with Crippen LogP contribution in [0.3, 0.4) is 0 Å². The lowest BCUT2D eigenvalue weighted by molar-refractivity contribution is -0.125. The molecular formula is C11H12BrN3O3. The molecule has 0 aromatic heterocycles. The summed E-state index contributed by atoms with van der Waals surface area (Å²) in [6.45, 7) is 1.11. The Bertz CT molecular complexity index is 459. The number of carbonyl (C=O) groups excluding carboxylic acids is 3. The highest BCUT2D eigenvalue weighted by molar-refractivity contribution is 9.10. The molecule has 0 aliphatic carbocycles. The molecule has 0 radical (unpaired) electrons. The van der Waals surface area contributed by atoms with Gasteiger partial charge in [-0.05, 0) is 24.3 Å². The molecule has 3 amide bonds. The van der Waals surface area contributed by atoms with Gasteiger partial charge in [-0.25, -0.2) is 0 Å². The molecule has 0 aliphatic rings. The van der Waals surface area contributed by atoms with Crippen molar-refractivity contribution in [1.29, 1.82) is 0 Å². The number of carbonyl (C=O) groups is 3. The summed E-state index contributed by atoms with van der Waals surface area (Å²) in [5, 5.41) is 2.31. The molecule has 18 heavy (non-hydrogen) atoms. The molecule has 6 nitrogen and oxygen atoms in total. The number of rotatable bonds is 3. The SMILES string of the molecule is CC(=O)NCC(=O)NNC(=O)c1ccc(Br)cc1. The molecule has 1 rings (SSSR count). The predicted molar refractivity (Wildman–Crippen MR) is 68.4 cm³/mol. The van der Waals surface area contributed by atoms with Crippen LogP contribution in [-0.4, -0.2) is 24.3 Å². The molecule has 7 heteroatoms. The quantitative estimate of drug-likeness (QED) is 0.704. The number of hydrazine groups is 1. The molecule has 1 aromatic carbocycles. The van der Waals surface area contributed by atoms with Crippen LogP contribution in [0.5, 0.6) is 0 Å². The first-order chi connectivity index (χ1) is 8.49. The Morgan fingerprint density at radius 3 is 2.28 bits per heavy atom. The van der Waals surface area contributed by atoms with Gasteiger partial charge >= 0.3 is 0 Å². The van der Waals surface area contributed by atoms with Gasteiger partial charge in [0.1, 0.15) is 0 Å². The Hall–Kier alpha value is -1.89. The zero-order valence-electron chi connectivity index (χ0n) is 9.62. The molecule has 96 valence electrons. The lowest BCUT2D eigenvalue weighted by Gasteiger charge is -2.07. The van der Waals surface area contributed by atoms with Crippen LogP contribution in [-0.2, 0) is 9.59 Å². The van der Waals surface area contributed by atoms with Crippen LogP contribution < -0.4 is 16.2 Å². The minimum atomic E-state index is -0.504. The first-order valence-electron chi connectivity index (χ1n) is 5.08. The third-order valence-corrected chi connectivity index (χ3v) is 2.45. The van der Waals surface area contributed by atoms with Gasteiger partial charge in [0, 0.05) is 17.0 Å². The van der Waals surface area contributed by atoms with Crippen molar-refractivity contribution in [2.24, 2.45) is 0 Å². The molecule has 0 saturated heterocycles. The van der Waals surface area contributed by atoms with Crippen LogP contribution in [0.15, 0.2) is 28.7 Å². The number of hydrogen-bond acceptors (Lipinski definition) is 3. The van der Waals surface area contributed by atoms with E-state index in [0.717, 1.165) is 4.47 Å². The van der Waals surface area contributed by atoms with Crippen molar-refractivity contribution in [3.63, 3.8) is 0 Å². The summed E-state index contributed by atoms with van der Waals surface area (Å²) < 4.78 is 0.855. The second-order valence-corrected chi connectivity index (χ2v) is 4.33. The summed E-state index contributed by atoms with van der Waals surface area (Å²) in [5.74, 6) is -1.25. The largest absolute Gasteiger partial charge is 0.347 e. The molecule has 0 spiro atoms. The number of halogens is 1. The number of nitrogens with one attached hydrogen (secondary N) is 3. The summed E-state index contributed by atoms with van der Waals surface area (Å²) >= 11 is 3.25. The third kappa shape index (κ3) is 4.96. The second-order valence-electron chi connectivity index (χ2n) is 3.42. The van der Waals surface area contributed by atoms with Crippen molar-refractivity contribution in [2.45, 2.75) is 6.92 Å². The Kier molecular flexibility index (Phi) is 5.31. The Morgan fingerprint density at radius 2 is 1.72 bits per heavy atom. The summed E-state index contributed by atoms with van der Waals surface area (Å²) in [6.07, 6.45) is 0. The summed E-state index contributed by atoms with van der Waals surface area (Å²) in [4.78, 5) is 33.3. The summed E-state index contributed by atoms with van der Waals surface area (Å²) in [6, 6.07) is 6.65. The standard InChI is InChI=1S/C11H12BrN3O3/c1-7(16)13-6-10(17)14-15-11(18)8-2-4-9(12)5-3-8/h2-5H,6H2,1H3,(H,13,16)(H,14,17)(H,15,18). The first-order valence-corrected chi connectivity index (χ1v) is 5.87.